The van der Waals surface area contributed by atoms with Crippen LogP contribution in [0.4, 0.5) is 10.1 Å². The average Bonchev–Trinajstić information content (AvgIpc) is 2.97. The number of thiocarbonyl (C=S) groups is 1. The first-order valence-electron chi connectivity index (χ1n) is 12.9. The Kier molecular flexibility index (Phi) is 10.2. The molecule has 4 N–H and O–H groups in total. The molecule has 0 radical (unpaired) electrons. The number of anilines is 1. The van der Waals surface area contributed by atoms with Crippen molar-refractivity contribution in [3.8, 4) is 17.2 Å². The number of ether oxygens (including phenoxy) is 2. The van der Waals surface area contributed by atoms with Crippen LogP contribution in [0.25, 0.3) is 10.9 Å². The molecule has 42 heavy (non-hydrogen) atoms. The number of amides is 2. The number of fused-ring (bicyclic) bond motifs is 1. The summed E-state index contributed by atoms with van der Waals surface area (Å²) in [6, 6.07) is 15.3. The second-order valence-electron chi connectivity index (χ2n) is 9.19. The number of aromatic nitrogens is 1. The summed E-state index contributed by atoms with van der Waals surface area (Å²) >= 11 is 11.1. The second-order valence-corrected chi connectivity index (χ2v) is 10.0. The van der Waals surface area contributed by atoms with E-state index in [2.05, 4.69) is 20.9 Å². The topological polar surface area (TPSA) is 122 Å². The molecule has 1 aromatic heterocycles. The van der Waals surface area contributed by atoms with Crippen LogP contribution in [0.1, 0.15) is 29.3 Å². The molecule has 0 aliphatic heterocycles. The minimum atomic E-state index is -0.694. The molecule has 12 heteroatoms. The summed E-state index contributed by atoms with van der Waals surface area (Å²) in [5, 5.41) is 18.6. The number of nitrogens with one attached hydrogen (secondary N) is 3. The number of carbonyl (C=O) groups excluding carboxylic acids is 2. The molecule has 0 spiro atoms. The van der Waals surface area contributed by atoms with E-state index in [4.69, 9.17) is 33.3 Å². The summed E-state index contributed by atoms with van der Waals surface area (Å²) in [6.45, 7) is 1.63. The molecule has 2 amide bonds. The summed E-state index contributed by atoms with van der Waals surface area (Å²) in [7, 11) is 1.43. The second kappa shape index (κ2) is 14.0. The molecule has 3 aromatic carbocycles. The fourth-order valence-corrected chi connectivity index (χ4v) is 4.38. The van der Waals surface area contributed by atoms with E-state index in [1.54, 1.807) is 48.5 Å². The Bertz CT molecular complexity index is 1620. The van der Waals surface area contributed by atoms with E-state index in [0.29, 0.717) is 28.0 Å². The highest BCUT2D eigenvalue weighted by atomic mass is 35.5. The largest absolute Gasteiger partial charge is 0.496 e. The van der Waals surface area contributed by atoms with Gasteiger partial charge in [-0.15, -0.1) is 0 Å². The quantitative estimate of drug-likeness (QED) is 0.177. The smallest absolute Gasteiger partial charge is 0.255 e. The summed E-state index contributed by atoms with van der Waals surface area (Å²) in [4.78, 5) is 29.6. The van der Waals surface area contributed by atoms with Gasteiger partial charge in [0.25, 0.3) is 5.91 Å². The van der Waals surface area contributed by atoms with Gasteiger partial charge in [-0.05, 0) is 60.6 Å². The zero-order valence-corrected chi connectivity index (χ0v) is 24.3. The maximum absolute atomic E-state index is 15.1. The standard InChI is InChI=1S/C30H28ClFN4O5S/c1-3-19(16-37)34-29(39)22-14-21-24(15-27(22)40-2)33-11-10-25(21)41-26-9-8-20(13-23(26)32)35-30(42)36-28(38)12-17-4-6-18(31)7-5-17/h4-11,13-15,19,37H,3,12,16H2,1-2H3,(H,34,39)(H2,35,36,38,42)/t19-/m0/s1. The maximum Gasteiger partial charge on any atom is 0.255 e. The number of nitrogens with zero attached hydrogens (tertiary/aromatic N) is 1. The van der Waals surface area contributed by atoms with Gasteiger partial charge in [0, 0.05) is 34.4 Å². The zero-order chi connectivity index (χ0) is 30.2. The van der Waals surface area contributed by atoms with Gasteiger partial charge in [0.15, 0.2) is 16.7 Å². The Morgan fingerprint density at radius 3 is 2.50 bits per heavy atom. The molecule has 9 nitrogen and oxygen atoms in total. The van der Waals surface area contributed by atoms with Gasteiger partial charge in [-0.2, -0.15) is 0 Å². The first-order chi connectivity index (χ1) is 20.2. The lowest BCUT2D eigenvalue weighted by Gasteiger charge is -2.17. The maximum atomic E-state index is 15.1. The van der Waals surface area contributed by atoms with Crippen LogP contribution < -0.4 is 25.4 Å². The van der Waals surface area contributed by atoms with Crippen LogP contribution in [-0.2, 0) is 11.2 Å². The highest BCUT2D eigenvalue weighted by Gasteiger charge is 2.19. The number of rotatable bonds is 10. The van der Waals surface area contributed by atoms with Crippen LogP contribution in [0.2, 0.25) is 5.02 Å². The Hall–Kier alpha value is -4.32. The lowest BCUT2D eigenvalue weighted by Crippen LogP contribution is -2.37. The van der Waals surface area contributed by atoms with Crippen molar-refractivity contribution >= 4 is 57.3 Å². The van der Waals surface area contributed by atoms with E-state index < -0.39 is 17.8 Å². The highest BCUT2D eigenvalue weighted by Crippen LogP contribution is 2.34. The van der Waals surface area contributed by atoms with E-state index >= 15 is 4.39 Å². The Balaban J connectivity index is 1.48. The molecule has 0 bridgehead atoms. The SMILES string of the molecule is CC[C@@H](CO)NC(=O)c1cc2c(Oc3ccc(NC(=S)NC(=O)Cc4ccc(Cl)cc4)cc3F)ccnc2cc1OC. The number of hydrogen-bond acceptors (Lipinski definition) is 7. The molecule has 0 saturated heterocycles. The van der Waals surface area contributed by atoms with Crippen molar-refractivity contribution in [3.63, 3.8) is 0 Å². The van der Waals surface area contributed by atoms with Crippen molar-refractivity contribution in [2.75, 3.05) is 19.0 Å². The third kappa shape index (κ3) is 7.69. The lowest BCUT2D eigenvalue weighted by molar-refractivity contribution is -0.119. The van der Waals surface area contributed by atoms with Crippen LogP contribution in [0.3, 0.4) is 0 Å². The molecule has 0 aliphatic rings. The minimum Gasteiger partial charge on any atom is -0.496 e. The molecule has 1 atom stereocenters. The van der Waals surface area contributed by atoms with Gasteiger partial charge in [0.05, 0.1) is 37.3 Å². The minimum absolute atomic E-state index is 0.00780. The monoisotopic (exact) mass is 610 g/mol. The van der Waals surface area contributed by atoms with E-state index in [1.807, 2.05) is 6.92 Å². The highest BCUT2D eigenvalue weighted by molar-refractivity contribution is 7.80. The van der Waals surface area contributed by atoms with Crippen LogP contribution in [0.5, 0.6) is 17.2 Å². The van der Waals surface area contributed by atoms with Gasteiger partial charge in [-0.3, -0.25) is 14.6 Å². The van der Waals surface area contributed by atoms with Crippen molar-refractivity contribution < 1.29 is 28.6 Å². The molecule has 0 saturated carbocycles. The van der Waals surface area contributed by atoms with Crippen LogP contribution in [0.15, 0.2) is 66.9 Å². The van der Waals surface area contributed by atoms with Crippen molar-refractivity contribution in [2.45, 2.75) is 25.8 Å². The number of pyridine rings is 1. The summed E-state index contributed by atoms with van der Waals surface area (Å²) in [6.07, 6.45) is 2.13. The molecular weight excluding hydrogens is 583 g/mol. The van der Waals surface area contributed by atoms with Crippen LogP contribution in [0, 0.1) is 5.82 Å². The molecule has 0 fully saturated rings. The Labute approximate surface area is 252 Å². The summed E-state index contributed by atoms with van der Waals surface area (Å²) in [5.41, 5.74) is 1.74. The average molecular weight is 611 g/mol. The van der Waals surface area contributed by atoms with Gasteiger partial charge in [-0.1, -0.05) is 30.7 Å². The Morgan fingerprint density at radius 2 is 1.83 bits per heavy atom. The predicted molar refractivity (Wildman–Crippen MR) is 163 cm³/mol. The van der Waals surface area contributed by atoms with E-state index in [9.17, 15) is 14.7 Å². The molecular formula is C30H28ClFN4O5S. The number of carbonyl (C=O) groups is 2. The molecule has 4 rings (SSSR count). The van der Waals surface area contributed by atoms with Crippen molar-refractivity contribution in [1.29, 1.82) is 0 Å². The van der Waals surface area contributed by atoms with Crippen molar-refractivity contribution in [2.24, 2.45) is 0 Å². The van der Waals surface area contributed by atoms with E-state index in [1.165, 1.54) is 25.4 Å². The number of hydrogen-bond donors (Lipinski definition) is 4. The van der Waals surface area contributed by atoms with Crippen molar-refractivity contribution in [1.82, 2.24) is 15.6 Å². The third-order valence-corrected chi connectivity index (χ3v) is 6.71. The summed E-state index contributed by atoms with van der Waals surface area (Å²) < 4.78 is 26.4. The number of halogens is 2. The number of aliphatic hydroxyl groups is 1. The molecule has 4 aromatic rings. The van der Waals surface area contributed by atoms with Gasteiger partial charge < -0.3 is 30.5 Å². The van der Waals surface area contributed by atoms with Gasteiger partial charge in [0.1, 0.15) is 11.5 Å². The molecule has 0 aliphatic carbocycles. The van der Waals surface area contributed by atoms with Gasteiger partial charge in [0.2, 0.25) is 5.91 Å². The number of benzene rings is 3. The summed E-state index contributed by atoms with van der Waals surface area (Å²) in [5.74, 6) is -1.02. The van der Waals surface area contributed by atoms with Crippen molar-refractivity contribution in [3.05, 3.63) is 88.8 Å². The molecule has 1 heterocycles. The number of methoxy groups -OCH3 is 1. The van der Waals surface area contributed by atoms with E-state index in [0.717, 1.165) is 5.56 Å². The van der Waals surface area contributed by atoms with Crippen LogP contribution >= 0.6 is 23.8 Å². The fraction of sp³-hybridized carbons (Fsp3) is 0.200. The zero-order valence-electron chi connectivity index (χ0n) is 22.7. The normalized spacial score (nSPS) is 11.5. The lowest BCUT2D eigenvalue weighted by atomic mass is 10.1. The fourth-order valence-electron chi connectivity index (χ4n) is 4.02. The first-order valence-corrected chi connectivity index (χ1v) is 13.7. The molecule has 0 unspecified atom stereocenters. The van der Waals surface area contributed by atoms with E-state index in [-0.39, 0.29) is 46.9 Å². The Morgan fingerprint density at radius 1 is 1.07 bits per heavy atom. The number of aliphatic hydroxyl groups excluding tert-OH is 1. The predicted octanol–water partition coefficient (Wildman–Crippen LogP) is 5.38. The third-order valence-electron chi connectivity index (χ3n) is 6.26. The van der Waals surface area contributed by atoms with Gasteiger partial charge >= 0.3 is 0 Å². The van der Waals surface area contributed by atoms with Gasteiger partial charge in [-0.25, -0.2) is 4.39 Å². The first kappa shape index (κ1) is 30.6. The molecule has 218 valence electrons. The van der Waals surface area contributed by atoms with Crippen LogP contribution in [-0.4, -0.2) is 46.8 Å².